The van der Waals surface area contributed by atoms with Gasteiger partial charge in [-0.25, -0.2) is 0 Å². The number of hydrogen-bond acceptors (Lipinski definition) is 3. The summed E-state index contributed by atoms with van der Waals surface area (Å²) in [7, 11) is 0. The predicted octanol–water partition coefficient (Wildman–Crippen LogP) is 0.882. The Hall–Kier alpha value is -1.11. The van der Waals surface area contributed by atoms with E-state index in [1.807, 2.05) is 11.8 Å². The zero-order valence-electron chi connectivity index (χ0n) is 12.5. The largest absolute Gasteiger partial charge is 0.372 e. The molecule has 2 atom stereocenters. The number of rotatable bonds is 9. The van der Waals surface area contributed by atoms with Gasteiger partial charge in [-0.1, -0.05) is 29.8 Å². The van der Waals surface area contributed by atoms with Gasteiger partial charge < -0.3 is 16.0 Å². The maximum atomic E-state index is 11.1. The number of carbonyl (C=O) groups excluding carboxylic acids is 3. The SMILES string of the molecule is CCC(CNC(=O)CBr)CN(C=O)C(C)CC.NC=O. The Morgan fingerprint density at radius 1 is 1.35 bits per heavy atom. The van der Waals surface area contributed by atoms with Gasteiger partial charge in [-0.15, -0.1) is 0 Å². The van der Waals surface area contributed by atoms with Crippen LogP contribution in [0.2, 0.25) is 0 Å². The number of primary amides is 1. The second-order valence-corrected chi connectivity index (χ2v) is 4.97. The highest BCUT2D eigenvalue weighted by atomic mass is 79.9. The van der Waals surface area contributed by atoms with Crippen LogP contribution in [0.3, 0.4) is 0 Å². The number of nitrogens with two attached hydrogens (primary N) is 1. The van der Waals surface area contributed by atoms with Crippen molar-refractivity contribution in [1.82, 2.24) is 10.2 Å². The molecule has 0 aromatic heterocycles. The summed E-state index contributed by atoms with van der Waals surface area (Å²) < 4.78 is 0. The summed E-state index contributed by atoms with van der Waals surface area (Å²) in [4.78, 5) is 32.5. The number of nitrogens with one attached hydrogen (secondary N) is 1. The Kier molecular flexibility index (Phi) is 15.2. The maximum Gasteiger partial charge on any atom is 0.230 e. The van der Waals surface area contributed by atoms with E-state index >= 15 is 0 Å². The van der Waals surface area contributed by atoms with Crippen molar-refractivity contribution < 1.29 is 14.4 Å². The molecule has 2 unspecified atom stereocenters. The maximum absolute atomic E-state index is 11.1. The number of nitrogens with zero attached hydrogens (tertiary/aromatic N) is 1. The van der Waals surface area contributed by atoms with E-state index in [0.29, 0.717) is 24.3 Å². The Morgan fingerprint density at radius 3 is 2.25 bits per heavy atom. The third kappa shape index (κ3) is 10.8. The molecule has 0 saturated carbocycles. The van der Waals surface area contributed by atoms with Crippen LogP contribution in [0.15, 0.2) is 0 Å². The number of alkyl halides is 1. The average Bonchev–Trinajstić information content (AvgIpc) is 2.47. The predicted molar refractivity (Wildman–Crippen MR) is 83.4 cm³/mol. The lowest BCUT2D eigenvalue weighted by Crippen LogP contribution is -2.40. The molecule has 0 fully saturated rings. The van der Waals surface area contributed by atoms with Crippen molar-refractivity contribution in [3.8, 4) is 0 Å². The van der Waals surface area contributed by atoms with Gasteiger partial charge in [-0.3, -0.25) is 14.4 Å². The van der Waals surface area contributed by atoms with E-state index in [4.69, 9.17) is 4.79 Å². The molecule has 7 heteroatoms. The van der Waals surface area contributed by atoms with Crippen LogP contribution in [0.4, 0.5) is 0 Å². The molecule has 20 heavy (non-hydrogen) atoms. The highest BCUT2D eigenvalue weighted by Crippen LogP contribution is 2.08. The average molecular weight is 352 g/mol. The standard InChI is InChI=1S/C12H23BrN2O2.CH3NO/c1-4-10(3)15(9-16)8-11(5-2)7-14-12(17)6-13;2-1-3/h9-11H,4-8H2,1-3H3,(H,14,17);1H,(H2,2,3). The highest BCUT2D eigenvalue weighted by molar-refractivity contribution is 9.09. The van der Waals surface area contributed by atoms with Crippen molar-refractivity contribution in [2.75, 3.05) is 18.4 Å². The number of halogens is 1. The molecule has 0 spiro atoms. The Morgan fingerprint density at radius 2 is 1.90 bits per heavy atom. The monoisotopic (exact) mass is 351 g/mol. The molecule has 118 valence electrons. The smallest absolute Gasteiger partial charge is 0.230 e. The van der Waals surface area contributed by atoms with E-state index in [9.17, 15) is 9.59 Å². The lowest BCUT2D eigenvalue weighted by atomic mass is 10.0. The van der Waals surface area contributed by atoms with Crippen LogP contribution in [0, 0.1) is 5.92 Å². The van der Waals surface area contributed by atoms with Crippen LogP contribution in [0.1, 0.15) is 33.6 Å². The molecular formula is C13H26BrN3O3. The van der Waals surface area contributed by atoms with Crippen LogP contribution >= 0.6 is 15.9 Å². The van der Waals surface area contributed by atoms with E-state index in [1.165, 1.54) is 0 Å². The van der Waals surface area contributed by atoms with Crippen molar-refractivity contribution in [3.05, 3.63) is 0 Å². The molecule has 0 rings (SSSR count). The molecule has 0 heterocycles. The summed E-state index contributed by atoms with van der Waals surface area (Å²) in [6, 6.07) is 0.258. The summed E-state index contributed by atoms with van der Waals surface area (Å²) in [6.07, 6.45) is 3.05. The van der Waals surface area contributed by atoms with Gasteiger partial charge in [0.25, 0.3) is 0 Å². The number of carbonyl (C=O) groups is 3. The van der Waals surface area contributed by atoms with Gasteiger partial charge in [-0.05, 0) is 25.7 Å². The second kappa shape index (κ2) is 14.3. The molecule has 0 aliphatic heterocycles. The van der Waals surface area contributed by atoms with Gasteiger partial charge in [0.1, 0.15) is 0 Å². The molecule has 3 amide bonds. The quantitative estimate of drug-likeness (QED) is 0.477. The fourth-order valence-corrected chi connectivity index (χ4v) is 1.70. The number of hydrogen-bond donors (Lipinski definition) is 2. The molecule has 0 aromatic carbocycles. The first-order valence-corrected chi connectivity index (χ1v) is 7.81. The van der Waals surface area contributed by atoms with Crippen LogP contribution in [0.5, 0.6) is 0 Å². The summed E-state index contributed by atoms with van der Waals surface area (Å²) in [5.74, 6) is 0.307. The van der Waals surface area contributed by atoms with Crippen LogP contribution < -0.4 is 11.1 Å². The van der Waals surface area contributed by atoms with Gasteiger partial charge in [0.15, 0.2) is 0 Å². The molecular weight excluding hydrogens is 326 g/mol. The minimum Gasteiger partial charge on any atom is -0.372 e. The fraction of sp³-hybridized carbons (Fsp3) is 0.769. The first-order chi connectivity index (χ1) is 9.50. The van der Waals surface area contributed by atoms with Crippen LogP contribution in [0.25, 0.3) is 0 Å². The van der Waals surface area contributed by atoms with Gasteiger partial charge in [0, 0.05) is 19.1 Å². The van der Waals surface area contributed by atoms with E-state index in [0.717, 1.165) is 19.3 Å². The molecule has 3 N–H and O–H groups in total. The highest BCUT2D eigenvalue weighted by Gasteiger charge is 2.15. The van der Waals surface area contributed by atoms with Crippen LogP contribution in [-0.4, -0.2) is 48.1 Å². The van der Waals surface area contributed by atoms with E-state index in [-0.39, 0.29) is 18.4 Å². The molecule has 6 nitrogen and oxygen atoms in total. The minimum absolute atomic E-state index is 0.00959. The first kappa shape index (κ1) is 21.2. The van der Waals surface area contributed by atoms with Crippen molar-refractivity contribution in [2.45, 2.75) is 39.7 Å². The third-order valence-corrected chi connectivity index (χ3v) is 3.56. The van der Waals surface area contributed by atoms with Gasteiger partial charge in [0.05, 0.1) is 5.33 Å². The molecule has 0 saturated heterocycles. The Labute approximate surface area is 129 Å². The van der Waals surface area contributed by atoms with Crippen molar-refractivity contribution in [3.63, 3.8) is 0 Å². The minimum atomic E-state index is -0.00959. The zero-order valence-corrected chi connectivity index (χ0v) is 14.1. The molecule has 0 aliphatic rings. The van der Waals surface area contributed by atoms with E-state index in [1.54, 1.807) is 0 Å². The van der Waals surface area contributed by atoms with E-state index in [2.05, 4.69) is 40.8 Å². The summed E-state index contributed by atoms with van der Waals surface area (Å²) in [5, 5.41) is 3.17. The normalized spacial score (nSPS) is 12.4. The van der Waals surface area contributed by atoms with Crippen molar-refractivity contribution >= 4 is 34.7 Å². The molecule has 0 aromatic rings. The first-order valence-electron chi connectivity index (χ1n) is 6.69. The topological polar surface area (TPSA) is 92.5 Å². The zero-order chi connectivity index (χ0) is 16.0. The molecule has 0 radical (unpaired) electrons. The summed E-state index contributed by atoms with van der Waals surface area (Å²) >= 11 is 3.11. The lowest BCUT2D eigenvalue weighted by molar-refractivity contribution is -0.120. The lowest BCUT2D eigenvalue weighted by Gasteiger charge is -2.28. The van der Waals surface area contributed by atoms with Gasteiger partial charge in [0.2, 0.25) is 18.7 Å². The van der Waals surface area contributed by atoms with Crippen molar-refractivity contribution in [1.29, 1.82) is 0 Å². The second-order valence-electron chi connectivity index (χ2n) is 4.41. The van der Waals surface area contributed by atoms with Gasteiger partial charge >= 0.3 is 0 Å². The van der Waals surface area contributed by atoms with Gasteiger partial charge in [-0.2, -0.15) is 0 Å². The fourth-order valence-electron chi connectivity index (χ4n) is 1.50. The Balaban J connectivity index is 0. The number of amides is 3. The third-order valence-electron chi connectivity index (χ3n) is 3.05. The van der Waals surface area contributed by atoms with E-state index < -0.39 is 0 Å². The van der Waals surface area contributed by atoms with Crippen molar-refractivity contribution in [2.24, 2.45) is 11.7 Å². The Bertz CT molecular complexity index is 278. The summed E-state index contributed by atoms with van der Waals surface area (Å²) in [5.41, 5.74) is 4.17. The molecule has 0 aliphatic carbocycles. The molecule has 0 bridgehead atoms. The van der Waals surface area contributed by atoms with Crippen LogP contribution in [-0.2, 0) is 14.4 Å². The summed E-state index contributed by atoms with van der Waals surface area (Å²) in [6.45, 7) is 7.51.